The summed E-state index contributed by atoms with van der Waals surface area (Å²) in [7, 11) is 0. The summed E-state index contributed by atoms with van der Waals surface area (Å²) in [5.74, 6) is 0.500. The van der Waals surface area contributed by atoms with E-state index in [1.165, 1.54) is 0 Å². The first-order chi connectivity index (χ1) is 14.8. The number of ether oxygens (including phenoxy) is 1. The molecule has 2 aromatic carbocycles. The third kappa shape index (κ3) is 3.73. The highest BCUT2D eigenvalue weighted by Crippen LogP contribution is 2.33. The van der Waals surface area contributed by atoms with Crippen LogP contribution >= 0.6 is 11.6 Å². The van der Waals surface area contributed by atoms with E-state index in [-0.39, 0.29) is 6.10 Å². The molecule has 5 rings (SSSR count). The largest absolute Gasteiger partial charge is 0.369 e. The maximum Gasteiger partial charge on any atom is 0.227 e. The summed E-state index contributed by atoms with van der Waals surface area (Å²) in [6.07, 6.45) is 3.48. The summed E-state index contributed by atoms with van der Waals surface area (Å²) >= 11 is 6.45. The first-order valence-electron chi connectivity index (χ1n) is 9.84. The van der Waals surface area contributed by atoms with E-state index >= 15 is 0 Å². The van der Waals surface area contributed by atoms with E-state index < -0.39 is 0 Å². The van der Waals surface area contributed by atoms with Gasteiger partial charge in [0.25, 0.3) is 0 Å². The van der Waals surface area contributed by atoms with Crippen molar-refractivity contribution in [1.29, 1.82) is 0 Å². The number of nitrogens with zero attached hydrogens (tertiary/aromatic N) is 3. The van der Waals surface area contributed by atoms with Crippen molar-refractivity contribution in [1.82, 2.24) is 20.3 Å². The highest BCUT2D eigenvalue weighted by Gasteiger charge is 2.20. The number of anilines is 2. The molecule has 0 radical (unpaired) electrons. The predicted octanol–water partition coefficient (Wildman–Crippen LogP) is 4.75. The molecular formula is C23H20ClN5O. The summed E-state index contributed by atoms with van der Waals surface area (Å²) in [4.78, 5) is 13.9. The van der Waals surface area contributed by atoms with Gasteiger partial charge in [0.15, 0.2) is 0 Å². The van der Waals surface area contributed by atoms with Gasteiger partial charge >= 0.3 is 0 Å². The number of halogens is 1. The molecule has 3 heterocycles. The smallest absolute Gasteiger partial charge is 0.227 e. The van der Waals surface area contributed by atoms with Crippen LogP contribution in [0.3, 0.4) is 0 Å². The molecule has 1 aliphatic heterocycles. The molecule has 1 fully saturated rings. The first kappa shape index (κ1) is 18.9. The highest BCUT2D eigenvalue weighted by molar-refractivity contribution is 6.33. The average molecular weight is 418 g/mol. The zero-order valence-corrected chi connectivity index (χ0v) is 16.9. The standard InChI is InChI=1S/C23H20ClN5O/c24-18-8-2-1-6-16(18)17-7-3-5-15-13-27-23(29-21(15)17)28-19-9-4-10-26-22(19)20-14-25-11-12-30-20/h1-10,13,20,25H,11-12,14H2,(H,27,28,29). The predicted molar refractivity (Wildman–Crippen MR) is 119 cm³/mol. The van der Waals surface area contributed by atoms with Crippen molar-refractivity contribution < 1.29 is 4.74 Å². The van der Waals surface area contributed by atoms with Crippen LogP contribution in [0.4, 0.5) is 11.6 Å². The van der Waals surface area contributed by atoms with Crippen LogP contribution in [0.15, 0.2) is 67.0 Å². The van der Waals surface area contributed by atoms with Gasteiger partial charge in [-0.2, -0.15) is 0 Å². The molecule has 150 valence electrons. The molecule has 0 bridgehead atoms. The molecule has 1 atom stereocenters. The van der Waals surface area contributed by atoms with Crippen molar-refractivity contribution in [2.75, 3.05) is 25.0 Å². The van der Waals surface area contributed by atoms with Gasteiger partial charge in [0.2, 0.25) is 5.95 Å². The maximum atomic E-state index is 6.45. The van der Waals surface area contributed by atoms with E-state index in [1.54, 1.807) is 6.20 Å². The van der Waals surface area contributed by atoms with Gasteiger partial charge in [-0.25, -0.2) is 9.97 Å². The zero-order valence-electron chi connectivity index (χ0n) is 16.2. The number of benzene rings is 2. The van der Waals surface area contributed by atoms with Gasteiger partial charge in [0.1, 0.15) is 6.10 Å². The Labute approximate surface area is 179 Å². The van der Waals surface area contributed by atoms with Gasteiger partial charge < -0.3 is 15.4 Å². The lowest BCUT2D eigenvalue weighted by Gasteiger charge is -2.24. The van der Waals surface area contributed by atoms with Crippen molar-refractivity contribution >= 4 is 34.1 Å². The minimum atomic E-state index is -0.110. The van der Waals surface area contributed by atoms with Crippen LogP contribution in [0.25, 0.3) is 22.0 Å². The van der Waals surface area contributed by atoms with Crippen molar-refractivity contribution in [3.8, 4) is 11.1 Å². The zero-order chi connectivity index (χ0) is 20.3. The Morgan fingerprint density at radius 2 is 1.90 bits per heavy atom. The van der Waals surface area contributed by atoms with Gasteiger partial charge in [-0.15, -0.1) is 0 Å². The van der Waals surface area contributed by atoms with Crippen LogP contribution in [0.2, 0.25) is 5.02 Å². The number of morpholine rings is 1. The number of pyridine rings is 1. The molecule has 6 nitrogen and oxygen atoms in total. The Balaban J connectivity index is 1.54. The molecule has 2 aromatic heterocycles. The molecule has 1 aliphatic rings. The quantitative estimate of drug-likeness (QED) is 0.499. The van der Waals surface area contributed by atoms with Gasteiger partial charge in [-0.3, -0.25) is 4.98 Å². The SMILES string of the molecule is Clc1ccccc1-c1cccc2cnc(Nc3cccnc3C3CNCCO3)nc12. The van der Waals surface area contributed by atoms with Crippen LogP contribution in [-0.2, 0) is 4.74 Å². The molecule has 1 saturated heterocycles. The van der Waals surface area contributed by atoms with Crippen molar-refractivity contribution in [3.05, 3.63) is 77.7 Å². The molecule has 1 unspecified atom stereocenters. The van der Waals surface area contributed by atoms with E-state index in [4.69, 9.17) is 21.3 Å². The van der Waals surface area contributed by atoms with Crippen molar-refractivity contribution in [3.63, 3.8) is 0 Å². The summed E-state index contributed by atoms with van der Waals surface area (Å²) in [5.41, 5.74) is 4.42. The van der Waals surface area contributed by atoms with Gasteiger partial charge in [0.05, 0.1) is 23.5 Å². The van der Waals surface area contributed by atoms with Gasteiger partial charge in [-0.1, -0.05) is 48.0 Å². The van der Waals surface area contributed by atoms with E-state index in [0.717, 1.165) is 46.5 Å². The van der Waals surface area contributed by atoms with Crippen molar-refractivity contribution in [2.24, 2.45) is 0 Å². The third-order valence-corrected chi connectivity index (χ3v) is 5.42. The van der Waals surface area contributed by atoms with Crippen molar-refractivity contribution in [2.45, 2.75) is 6.10 Å². The van der Waals surface area contributed by atoms with Crippen LogP contribution in [0.1, 0.15) is 11.8 Å². The van der Waals surface area contributed by atoms with Gasteiger partial charge in [0, 0.05) is 47.0 Å². The number of aromatic nitrogens is 3. The van der Waals surface area contributed by atoms with Crippen LogP contribution in [0, 0.1) is 0 Å². The summed E-state index contributed by atoms with van der Waals surface area (Å²) < 4.78 is 5.88. The monoisotopic (exact) mass is 417 g/mol. The molecule has 0 amide bonds. The molecule has 0 aliphatic carbocycles. The van der Waals surface area contributed by atoms with E-state index in [0.29, 0.717) is 17.6 Å². The lowest BCUT2D eigenvalue weighted by Crippen LogP contribution is -2.34. The minimum Gasteiger partial charge on any atom is -0.369 e. The Bertz CT molecular complexity index is 1190. The number of nitrogens with one attached hydrogen (secondary N) is 2. The Morgan fingerprint density at radius 1 is 1.00 bits per heavy atom. The summed E-state index contributed by atoms with van der Waals surface area (Å²) in [6, 6.07) is 17.6. The normalized spacial score (nSPS) is 16.5. The number of rotatable bonds is 4. The second-order valence-corrected chi connectivity index (χ2v) is 7.45. The molecular weight excluding hydrogens is 398 g/mol. The fourth-order valence-electron chi connectivity index (χ4n) is 3.65. The number of hydrogen-bond donors (Lipinski definition) is 2. The van der Waals surface area contributed by atoms with E-state index in [2.05, 4.69) is 20.6 Å². The number of fused-ring (bicyclic) bond motifs is 1. The average Bonchev–Trinajstić information content (AvgIpc) is 2.80. The molecule has 0 spiro atoms. The van der Waals surface area contributed by atoms with Crippen LogP contribution in [0.5, 0.6) is 0 Å². The molecule has 0 saturated carbocycles. The van der Waals surface area contributed by atoms with Gasteiger partial charge in [-0.05, 0) is 18.2 Å². The van der Waals surface area contributed by atoms with E-state index in [9.17, 15) is 0 Å². The molecule has 7 heteroatoms. The topological polar surface area (TPSA) is 72.0 Å². The van der Waals surface area contributed by atoms with Crippen LogP contribution < -0.4 is 10.6 Å². The number of hydrogen-bond acceptors (Lipinski definition) is 6. The Kier molecular flexibility index (Phi) is 5.27. The first-order valence-corrected chi connectivity index (χ1v) is 10.2. The highest BCUT2D eigenvalue weighted by atomic mass is 35.5. The summed E-state index contributed by atoms with van der Waals surface area (Å²) in [5, 5.41) is 8.31. The third-order valence-electron chi connectivity index (χ3n) is 5.09. The lowest BCUT2D eigenvalue weighted by molar-refractivity contribution is 0.0255. The Morgan fingerprint density at radius 3 is 2.77 bits per heavy atom. The molecule has 30 heavy (non-hydrogen) atoms. The number of para-hydroxylation sites is 1. The fourth-order valence-corrected chi connectivity index (χ4v) is 3.89. The second kappa shape index (κ2) is 8.36. The second-order valence-electron chi connectivity index (χ2n) is 7.04. The Hall–Kier alpha value is -3.06. The molecule has 2 N–H and O–H groups in total. The van der Waals surface area contributed by atoms with E-state index in [1.807, 2.05) is 60.8 Å². The lowest BCUT2D eigenvalue weighted by atomic mass is 10.0. The summed E-state index contributed by atoms with van der Waals surface area (Å²) in [6.45, 7) is 2.24. The maximum absolute atomic E-state index is 6.45. The minimum absolute atomic E-state index is 0.110. The molecule has 4 aromatic rings. The fraction of sp³-hybridized carbons (Fsp3) is 0.174. The van der Waals surface area contributed by atoms with Crippen LogP contribution in [-0.4, -0.2) is 34.6 Å².